The monoisotopic (exact) mass is 445 g/mol. The Labute approximate surface area is 188 Å². The van der Waals surface area contributed by atoms with Gasteiger partial charge in [-0.05, 0) is 61.4 Å². The second kappa shape index (κ2) is 10.3. The summed E-state index contributed by atoms with van der Waals surface area (Å²) in [7, 11) is 3.03. The number of carbonyl (C=O) groups is 2. The van der Waals surface area contributed by atoms with Crippen LogP contribution in [0.4, 0.5) is 5.69 Å². The number of methoxy groups -OCH3 is 2. The van der Waals surface area contributed by atoms with Crippen LogP contribution < -0.4 is 10.1 Å². The minimum absolute atomic E-state index is 0.0236. The van der Waals surface area contributed by atoms with Crippen LogP contribution in [0.2, 0.25) is 0 Å². The van der Waals surface area contributed by atoms with Crippen molar-refractivity contribution in [2.75, 3.05) is 32.6 Å². The number of ether oxygens (including phenoxy) is 2. The highest BCUT2D eigenvalue weighted by Gasteiger charge is 2.42. The van der Waals surface area contributed by atoms with Crippen molar-refractivity contribution in [2.45, 2.75) is 52.1 Å². The summed E-state index contributed by atoms with van der Waals surface area (Å²) in [5.74, 6) is 0.396. The Bertz CT molecular complexity index is 901. The average molecular weight is 446 g/mol. The third-order valence-corrected chi connectivity index (χ3v) is 7.39. The van der Waals surface area contributed by atoms with Gasteiger partial charge in [0.2, 0.25) is 0 Å². The summed E-state index contributed by atoms with van der Waals surface area (Å²) in [5.41, 5.74) is 2.67. The molecule has 1 aromatic heterocycles. The van der Waals surface area contributed by atoms with E-state index in [9.17, 15) is 9.59 Å². The topological polar surface area (TPSA) is 64.6 Å². The van der Waals surface area contributed by atoms with Gasteiger partial charge in [-0.1, -0.05) is 6.92 Å². The lowest BCUT2D eigenvalue weighted by molar-refractivity contribution is -0.959. The molecule has 1 aliphatic heterocycles. The highest BCUT2D eigenvalue weighted by atomic mass is 32.1. The maximum absolute atomic E-state index is 13.6. The number of amides is 1. The molecule has 0 bridgehead atoms. The standard InChI is InChI=1S/C24H32N2O4S/c1-5-20(23(27)25-21-17(2)16-31-22(21)24(28)30-4)26(13-7-6-8-14-26)15-18-9-11-19(29-3)12-10-18/h9-12,16,20H,5-8,13-15H2,1-4H3/p+1. The van der Waals surface area contributed by atoms with E-state index in [-0.39, 0.29) is 11.9 Å². The van der Waals surface area contributed by atoms with Gasteiger partial charge in [0, 0.05) is 12.0 Å². The molecule has 2 heterocycles. The minimum atomic E-state index is -0.415. The number of hydrogen-bond acceptors (Lipinski definition) is 5. The van der Waals surface area contributed by atoms with Gasteiger partial charge in [-0.15, -0.1) is 11.3 Å². The molecule has 0 radical (unpaired) electrons. The van der Waals surface area contributed by atoms with E-state index in [1.807, 2.05) is 24.4 Å². The molecule has 3 rings (SSSR count). The van der Waals surface area contributed by atoms with Crippen LogP contribution in [-0.4, -0.2) is 49.7 Å². The number of hydrogen-bond donors (Lipinski definition) is 1. The van der Waals surface area contributed by atoms with Crippen LogP contribution in [0.3, 0.4) is 0 Å². The molecule has 6 nitrogen and oxygen atoms in total. The Morgan fingerprint density at radius 1 is 1.13 bits per heavy atom. The number of thiophene rings is 1. The second-order valence-corrected chi connectivity index (χ2v) is 9.14. The molecule has 1 atom stereocenters. The predicted molar refractivity (Wildman–Crippen MR) is 124 cm³/mol. The van der Waals surface area contributed by atoms with Crippen molar-refractivity contribution < 1.29 is 23.5 Å². The van der Waals surface area contributed by atoms with Gasteiger partial charge in [0.25, 0.3) is 5.91 Å². The molecule has 168 valence electrons. The summed E-state index contributed by atoms with van der Waals surface area (Å²) < 4.78 is 10.9. The van der Waals surface area contributed by atoms with E-state index >= 15 is 0 Å². The SMILES string of the molecule is CCC(C(=O)Nc1c(C)csc1C(=O)OC)[N+]1(Cc2ccc(OC)cc2)CCCCC1. The molecular formula is C24H33N2O4S+. The van der Waals surface area contributed by atoms with Crippen molar-refractivity contribution in [3.63, 3.8) is 0 Å². The summed E-state index contributed by atoms with van der Waals surface area (Å²) in [4.78, 5) is 26.2. The smallest absolute Gasteiger partial charge is 0.350 e. The minimum Gasteiger partial charge on any atom is -0.497 e. The van der Waals surface area contributed by atoms with Crippen molar-refractivity contribution in [1.29, 1.82) is 0 Å². The lowest BCUT2D eigenvalue weighted by atomic mass is 9.98. The van der Waals surface area contributed by atoms with Crippen LogP contribution in [0.25, 0.3) is 0 Å². The molecule has 1 saturated heterocycles. The van der Waals surface area contributed by atoms with Gasteiger partial charge in [0.1, 0.15) is 17.2 Å². The Kier molecular flexibility index (Phi) is 7.73. The van der Waals surface area contributed by atoms with E-state index in [4.69, 9.17) is 9.47 Å². The quantitative estimate of drug-likeness (QED) is 0.470. The lowest BCUT2D eigenvalue weighted by Crippen LogP contribution is -2.61. The largest absolute Gasteiger partial charge is 0.497 e. The lowest BCUT2D eigenvalue weighted by Gasteiger charge is -2.46. The molecule has 2 aromatic rings. The number of anilines is 1. The van der Waals surface area contributed by atoms with Crippen molar-refractivity contribution in [3.8, 4) is 5.75 Å². The molecule has 1 fully saturated rings. The van der Waals surface area contributed by atoms with Gasteiger partial charge < -0.3 is 19.3 Å². The predicted octanol–water partition coefficient (Wildman–Crippen LogP) is 4.77. The fourth-order valence-corrected chi connectivity index (χ4v) is 5.61. The molecule has 1 aliphatic rings. The number of piperidine rings is 1. The maximum Gasteiger partial charge on any atom is 0.350 e. The van der Waals surface area contributed by atoms with E-state index in [0.29, 0.717) is 10.6 Å². The van der Waals surface area contributed by atoms with Crippen LogP contribution in [0.5, 0.6) is 5.75 Å². The molecule has 1 unspecified atom stereocenters. The van der Waals surface area contributed by atoms with Gasteiger partial charge in [-0.3, -0.25) is 4.79 Å². The van der Waals surface area contributed by atoms with Gasteiger partial charge in [0.05, 0.1) is 33.0 Å². The molecule has 0 spiro atoms. The highest BCUT2D eigenvalue weighted by molar-refractivity contribution is 7.12. The number of benzene rings is 1. The molecule has 1 aromatic carbocycles. The second-order valence-electron chi connectivity index (χ2n) is 8.26. The zero-order valence-electron chi connectivity index (χ0n) is 18.9. The number of esters is 1. The van der Waals surface area contributed by atoms with Crippen LogP contribution in [-0.2, 0) is 16.1 Å². The number of likely N-dealkylation sites (tertiary alicyclic amines) is 1. The Balaban J connectivity index is 1.88. The molecule has 1 N–H and O–H groups in total. The van der Waals surface area contributed by atoms with Crippen molar-refractivity contribution in [2.24, 2.45) is 0 Å². The first-order chi connectivity index (χ1) is 14.9. The van der Waals surface area contributed by atoms with Gasteiger partial charge in [-0.25, -0.2) is 4.79 Å². The Morgan fingerprint density at radius 2 is 1.81 bits per heavy atom. The molecule has 7 heteroatoms. The van der Waals surface area contributed by atoms with Crippen LogP contribution in [0.15, 0.2) is 29.6 Å². The van der Waals surface area contributed by atoms with E-state index < -0.39 is 5.97 Å². The Morgan fingerprint density at radius 3 is 2.39 bits per heavy atom. The van der Waals surface area contributed by atoms with Crippen molar-refractivity contribution >= 4 is 28.9 Å². The van der Waals surface area contributed by atoms with Crippen LogP contribution >= 0.6 is 11.3 Å². The first-order valence-corrected chi connectivity index (χ1v) is 11.8. The number of aryl methyl sites for hydroxylation is 1. The molecule has 31 heavy (non-hydrogen) atoms. The fraction of sp³-hybridized carbons (Fsp3) is 0.500. The number of carbonyl (C=O) groups excluding carboxylic acids is 2. The third kappa shape index (κ3) is 5.10. The number of nitrogens with one attached hydrogen (secondary N) is 1. The van der Waals surface area contributed by atoms with E-state index in [2.05, 4.69) is 24.4 Å². The molecule has 0 saturated carbocycles. The Hall–Kier alpha value is -2.38. The summed E-state index contributed by atoms with van der Waals surface area (Å²) >= 11 is 1.30. The normalized spacial score (nSPS) is 16.4. The van der Waals surface area contributed by atoms with E-state index in [1.54, 1.807) is 7.11 Å². The van der Waals surface area contributed by atoms with Gasteiger partial charge in [0.15, 0.2) is 6.04 Å². The van der Waals surface area contributed by atoms with E-state index in [1.165, 1.54) is 30.4 Å². The first-order valence-electron chi connectivity index (χ1n) is 10.9. The summed E-state index contributed by atoms with van der Waals surface area (Å²) in [6.07, 6.45) is 4.17. The summed E-state index contributed by atoms with van der Waals surface area (Å²) in [5, 5.41) is 4.97. The first kappa shape index (κ1) is 23.3. The van der Waals surface area contributed by atoms with Crippen molar-refractivity contribution in [1.82, 2.24) is 0 Å². The molecule has 0 aliphatic carbocycles. The van der Waals surface area contributed by atoms with Gasteiger partial charge in [-0.2, -0.15) is 0 Å². The number of rotatable bonds is 8. The van der Waals surface area contributed by atoms with E-state index in [0.717, 1.165) is 54.7 Å². The summed E-state index contributed by atoms with van der Waals surface area (Å²) in [6.45, 7) is 6.74. The molecular weight excluding hydrogens is 412 g/mol. The summed E-state index contributed by atoms with van der Waals surface area (Å²) in [6, 6.07) is 7.96. The third-order valence-electron chi connectivity index (χ3n) is 6.31. The molecule has 1 amide bonds. The number of quaternary nitrogens is 1. The zero-order chi connectivity index (χ0) is 22.4. The number of nitrogens with zero attached hydrogens (tertiary/aromatic N) is 1. The van der Waals surface area contributed by atoms with Crippen molar-refractivity contribution in [3.05, 3.63) is 45.6 Å². The maximum atomic E-state index is 13.6. The highest BCUT2D eigenvalue weighted by Crippen LogP contribution is 2.32. The zero-order valence-corrected chi connectivity index (χ0v) is 19.7. The van der Waals surface area contributed by atoms with Crippen LogP contribution in [0.1, 0.15) is 53.4 Å². The average Bonchev–Trinajstić information content (AvgIpc) is 3.15. The fourth-order valence-electron chi connectivity index (χ4n) is 4.69. The van der Waals surface area contributed by atoms with Gasteiger partial charge >= 0.3 is 5.97 Å². The van der Waals surface area contributed by atoms with Crippen LogP contribution in [0, 0.1) is 6.92 Å².